The third-order valence-electron chi connectivity index (χ3n) is 4.93. The normalized spacial score (nSPS) is 13.1. The van der Waals surface area contributed by atoms with Crippen molar-refractivity contribution >= 4 is 33.2 Å². The van der Waals surface area contributed by atoms with Gasteiger partial charge in [0.15, 0.2) is 11.6 Å². The number of fused-ring (bicyclic) bond motifs is 6. The lowest BCUT2D eigenvalue weighted by atomic mass is 10.1. The molecule has 0 bridgehead atoms. The first-order chi connectivity index (χ1) is 12.2. The molecule has 130 valence electrons. The molecule has 5 rings (SSSR count). The molecule has 1 aliphatic rings. The highest BCUT2D eigenvalue weighted by molar-refractivity contribution is 6.08. The van der Waals surface area contributed by atoms with Gasteiger partial charge in [-0.05, 0) is 24.3 Å². The summed E-state index contributed by atoms with van der Waals surface area (Å²) in [4.78, 5) is 2.07. The van der Waals surface area contributed by atoms with Gasteiger partial charge in [-0.1, -0.05) is 36.4 Å². The Labute approximate surface area is 160 Å². The van der Waals surface area contributed by atoms with Gasteiger partial charge in [-0.25, -0.2) is 18.2 Å². The van der Waals surface area contributed by atoms with Crippen LogP contribution in [0, 0.1) is 11.6 Å². The number of aromatic nitrogens is 1. The monoisotopic (exact) mass is 412 g/mol. The zero-order valence-corrected chi connectivity index (χ0v) is 15.4. The zero-order valence-electron chi connectivity index (χ0n) is 13.8. The number of hydrogen-bond acceptors (Lipinski definition) is 1. The number of anilines is 2. The van der Waals surface area contributed by atoms with E-state index in [1.165, 1.54) is 22.9 Å². The maximum atomic E-state index is 13.8. The lowest BCUT2D eigenvalue weighted by Crippen LogP contribution is -3.00. The van der Waals surface area contributed by atoms with Crippen LogP contribution in [0.15, 0.2) is 66.7 Å². The summed E-state index contributed by atoms with van der Waals surface area (Å²) < 4.78 is 29.4. The Morgan fingerprint density at radius 3 is 2.23 bits per heavy atom. The van der Waals surface area contributed by atoms with Crippen molar-refractivity contribution < 1.29 is 30.3 Å². The fraction of sp³-hybridized carbons (Fsp3) is 0.0952. The summed E-state index contributed by atoms with van der Waals surface area (Å²) in [7, 11) is 0. The number of nitrogens with zero attached hydrogens (tertiary/aromatic N) is 2. The molecule has 0 radical (unpaired) electrons. The maximum absolute atomic E-state index is 13.8. The Hall–Kier alpha value is -2.53. The third kappa shape index (κ3) is 2.38. The van der Waals surface area contributed by atoms with E-state index in [2.05, 4.69) is 33.7 Å². The molecule has 0 spiro atoms. The number of benzene rings is 3. The quantitative estimate of drug-likeness (QED) is 0.341. The summed E-state index contributed by atoms with van der Waals surface area (Å²) in [6.45, 7) is 1.53. The van der Waals surface area contributed by atoms with Crippen LogP contribution in [0.1, 0.15) is 0 Å². The fourth-order valence-electron chi connectivity index (χ4n) is 3.84. The van der Waals surface area contributed by atoms with Gasteiger partial charge < -0.3 is 17.0 Å². The largest absolute Gasteiger partial charge is 1.00 e. The molecule has 0 saturated heterocycles. The van der Waals surface area contributed by atoms with Crippen molar-refractivity contribution in [3.8, 4) is 0 Å². The highest BCUT2D eigenvalue weighted by Gasteiger charge is 2.34. The van der Waals surface area contributed by atoms with Crippen molar-refractivity contribution in [1.29, 1.82) is 0 Å². The topological polar surface area (TPSA) is 7.12 Å². The standard InChI is InChI=1S/C21H15F2N2.BrH/c22-18-10-9-14(13-19(18)23)24-11-12-25-20-8-4-3-6-16(20)15-5-1-2-7-17(15)21(24)25;/h1-10,13H,11-12H2;1H/q+1;/p-1. The van der Waals surface area contributed by atoms with Crippen LogP contribution in [0.2, 0.25) is 0 Å². The average Bonchev–Trinajstić information content (AvgIpc) is 3.10. The Morgan fingerprint density at radius 1 is 0.769 bits per heavy atom. The van der Waals surface area contributed by atoms with Crippen molar-refractivity contribution in [1.82, 2.24) is 0 Å². The molecule has 0 atom stereocenters. The van der Waals surface area contributed by atoms with Gasteiger partial charge >= 0.3 is 0 Å². The molecular weight excluding hydrogens is 398 g/mol. The second kappa shape index (κ2) is 6.32. The van der Waals surface area contributed by atoms with Crippen LogP contribution in [0.25, 0.3) is 21.7 Å². The molecule has 2 nitrogen and oxygen atoms in total. The Morgan fingerprint density at radius 2 is 1.46 bits per heavy atom. The summed E-state index contributed by atoms with van der Waals surface area (Å²) in [6, 6.07) is 20.7. The minimum Gasteiger partial charge on any atom is -1.00 e. The van der Waals surface area contributed by atoms with Crippen LogP contribution in [0.5, 0.6) is 0 Å². The fourth-order valence-corrected chi connectivity index (χ4v) is 3.84. The molecule has 0 unspecified atom stereocenters. The molecule has 0 amide bonds. The third-order valence-corrected chi connectivity index (χ3v) is 4.93. The highest BCUT2D eigenvalue weighted by Crippen LogP contribution is 2.36. The minimum atomic E-state index is -0.820. The molecule has 0 aliphatic carbocycles. The smallest absolute Gasteiger partial charge is 0.290 e. The molecule has 3 aromatic carbocycles. The van der Waals surface area contributed by atoms with Crippen molar-refractivity contribution in [2.75, 3.05) is 11.4 Å². The number of halogens is 3. The van der Waals surface area contributed by atoms with Crippen molar-refractivity contribution in [2.24, 2.45) is 0 Å². The van der Waals surface area contributed by atoms with E-state index in [9.17, 15) is 8.78 Å². The molecule has 5 heteroatoms. The molecule has 0 fully saturated rings. The predicted octanol–water partition coefficient (Wildman–Crippen LogP) is 1.71. The molecule has 1 aromatic heterocycles. The molecule has 0 N–H and O–H groups in total. The van der Waals surface area contributed by atoms with Crippen molar-refractivity contribution in [2.45, 2.75) is 6.54 Å². The number of rotatable bonds is 1. The first-order valence-corrected chi connectivity index (χ1v) is 8.30. The van der Waals surface area contributed by atoms with Gasteiger partial charge in [0.25, 0.3) is 5.82 Å². The van der Waals surface area contributed by atoms with Gasteiger partial charge in [-0.3, -0.25) is 0 Å². The summed E-state index contributed by atoms with van der Waals surface area (Å²) in [5.74, 6) is -0.611. The Balaban J connectivity index is 0.00000168. The first kappa shape index (κ1) is 16.9. The Kier molecular flexibility index (Phi) is 4.11. The van der Waals surface area contributed by atoms with Gasteiger partial charge in [-0.2, -0.15) is 0 Å². The maximum Gasteiger partial charge on any atom is 0.290 e. The predicted molar refractivity (Wildman–Crippen MR) is 95.0 cm³/mol. The number of pyridine rings is 1. The molecular formula is C21H15BrF2N2. The van der Waals surface area contributed by atoms with Crippen molar-refractivity contribution in [3.63, 3.8) is 0 Å². The molecule has 1 aliphatic heterocycles. The highest BCUT2D eigenvalue weighted by atomic mass is 79.9. The van der Waals surface area contributed by atoms with E-state index in [0.717, 1.165) is 29.8 Å². The second-order valence-electron chi connectivity index (χ2n) is 6.29. The first-order valence-electron chi connectivity index (χ1n) is 8.30. The number of hydrogen-bond donors (Lipinski definition) is 0. The van der Waals surface area contributed by atoms with E-state index in [4.69, 9.17) is 0 Å². The van der Waals surface area contributed by atoms with Crippen LogP contribution < -0.4 is 26.4 Å². The molecule has 4 aromatic rings. The summed E-state index contributed by atoms with van der Waals surface area (Å²) in [5.41, 5.74) is 1.83. The van der Waals surface area contributed by atoms with E-state index < -0.39 is 11.6 Å². The van der Waals surface area contributed by atoms with Crippen LogP contribution in [0.4, 0.5) is 20.3 Å². The van der Waals surface area contributed by atoms with Crippen LogP contribution in [0.3, 0.4) is 0 Å². The van der Waals surface area contributed by atoms with Crippen LogP contribution in [-0.4, -0.2) is 6.54 Å². The second-order valence-corrected chi connectivity index (χ2v) is 6.29. The summed E-state index contributed by atoms with van der Waals surface area (Å²) >= 11 is 0. The van der Waals surface area contributed by atoms with Gasteiger partial charge in [0.2, 0.25) is 0 Å². The zero-order chi connectivity index (χ0) is 17.0. The van der Waals surface area contributed by atoms with Crippen LogP contribution >= 0.6 is 0 Å². The summed E-state index contributed by atoms with van der Waals surface area (Å²) in [6.07, 6.45) is 0. The minimum absolute atomic E-state index is 0. The van der Waals surface area contributed by atoms with Crippen molar-refractivity contribution in [3.05, 3.63) is 78.4 Å². The SMILES string of the molecule is Fc1ccc(N2CC[n+]3c2c2ccccc2c2ccccc23)cc1F.[Br-]. The van der Waals surface area contributed by atoms with Crippen LogP contribution in [-0.2, 0) is 6.54 Å². The van der Waals surface area contributed by atoms with Gasteiger partial charge in [0.1, 0.15) is 24.3 Å². The van der Waals surface area contributed by atoms with E-state index in [-0.39, 0.29) is 17.0 Å². The van der Waals surface area contributed by atoms with E-state index in [0.29, 0.717) is 5.69 Å². The van der Waals surface area contributed by atoms with E-state index in [1.54, 1.807) is 6.07 Å². The van der Waals surface area contributed by atoms with Gasteiger partial charge in [-0.15, -0.1) is 0 Å². The molecule has 0 saturated carbocycles. The van der Waals surface area contributed by atoms with E-state index in [1.807, 2.05) is 24.3 Å². The van der Waals surface area contributed by atoms with Gasteiger partial charge in [0, 0.05) is 16.8 Å². The molecule has 26 heavy (non-hydrogen) atoms. The van der Waals surface area contributed by atoms with Gasteiger partial charge in [0.05, 0.1) is 5.39 Å². The molecule has 2 heterocycles. The average molecular weight is 413 g/mol. The lowest BCUT2D eigenvalue weighted by molar-refractivity contribution is -0.643. The van der Waals surface area contributed by atoms with E-state index >= 15 is 0 Å². The Bertz CT molecular complexity index is 1140. The lowest BCUT2D eigenvalue weighted by Gasteiger charge is -2.14. The number of para-hydroxylation sites is 1. The summed E-state index contributed by atoms with van der Waals surface area (Å²) in [5, 5.41) is 3.48.